The first-order valence-electron chi connectivity index (χ1n) is 7.89. The Bertz CT molecular complexity index is 763. The predicted octanol–water partition coefficient (Wildman–Crippen LogP) is 2.60. The Morgan fingerprint density at radius 3 is 2.50 bits per heavy atom. The van der Waals surface area contributed by atoms with Crippen molar-refractivity contribution in [3.05, 3.63) is 24.2 Å². The number of aromatic nitrogens is 4. The van der Waals surface area contributed by atoms with Crippen LogP contribution in [-0.4, -0.2) is 65.2 Å². The Morgan fingerprint density at radius 1 is 1.12 bits per heavy atom. The predicted molar refractivity (Wildman–Crippen MR) is 103 cm³/mol. The smallest absolute Gasteiger partial charge is 0.250 e. The van der Waals surface area contributed by atoms with Crippen LogP contribution in [0.15, 0.2) is 18.3 Å². The van der Waals surface area contributed by atoms with Gasteiger partial charge in [-0.25, -0.2) is 4.98 Å². The van der Waals surface area contributed by atoms with Crippen LogP contribution in [0.4, 0.5) is 17.6 Å². The van der Waals surface area contributed by atoms with E-state index < -0.39 is 3.79 Å². The number of alkyl halides is 3. The molecule has 26 heavy (non-hydrogen) atoms. The number of hydrogen-bond acceptors (Lipinski definition) is 8. The second-order valence-corrected chi connectivity index (χ2v) is 8.04. The van der Waals surface area contributed by atoms with E-state index in [0.717, 1.165) is 26.2 Å². The van der Waals surface area contributed by atoms with Gasteiger partial charge in [-0.05, 0) is 19.2 Å². The zero-order valence-electron chi connectivity index (χ0n) is 14.3. The highest BCUT2D eigenvalue weighted by Gasteiger charge is 2.30. The van der Waals surface area contributed by atoms with Crippen LogP contribution in [0, 0.1) is 0 Å². The van der Waals surface area contributed by atoms with E-state index in [1.54, 1.807) is 18.3 Å². The maximum atomic E-state index is 6.01. The molecular formula is C15H18Cl3N7O. The lowest BCUT2D eigenvalue weighted by Gasteiger charge is -2.32. The summed E-state index contributed by atoms with van der Waals surface area (Å²) in [5, 5.41) is 3.06. The summed E-state index contributed by atoms with van der Waals surface area (Å²) in [6.45, 7) is 3.34. The molecule has 1 saturated heterocycles. The van der Waals surface area contributed by atoms with Crippen molar-refractivity contribution in [2.24, 2.45) is 0 Å². The van der Waals surface area contributed by atoms with Crippen LogP contribution in [0.5, 0.6) is 5.88 Å². The average Bonchev–Trinajstić information content (AvgIpc) is 2.62. The van der Waals surface area contributed by atoms with Gasteiger partial charge in [-0.3, -0.25) is 0 Å². The molecule has 0 bridgehead atoms. The lowest BCUT2D eigenvalue weighted by Crippen LogP contribution is -2.45. The minimum absolute atomic E-state index is 0.0526. The van der Waals surface area contributed by atoms with E-state index in [4.69, 9.17) is 39.5 Å². The standard InChI is InChI=1S/C15H18Cl3N7O/c1-24-6-8-25(9-7-24)14-22-12(15(16,17)18)21-13(23-14)20-10-4-3-5-19-11(10)26-2/h3-5H,6-9H2,1-2H3,(H,20,21,22,23). The van der Waals surface area contributed by atoms with Gasteiger partial charge in [-0.15, -0.1) is 0 Å². The molecule has 1 N–H and O–H groups in total. The van der Waals surface area contributed by atoms with E-state index in [2.05, 4.69) is 37.2 Å². The number of pyridine rings is 1. The molecule has 2 aromatic rings. The van der Waals surface area contributed by atoms with Gasteiger partial charge in [0.15, 0.2) is 5.82 Å². The first kappa shape index (κ1) is 19.2. The third-order valence-corrected chi connectivity index (χ3v) is 4.38. The molecule has 1 aliphatic rings. The zero-order valence-corrected chi connectivity index (χ0v) is 16.6. The van der Waals surface area contributed by atoms with Crippen molar-refractivity contribution in [3.8, 4) is 5.88 Å². The molecule has 0 spiro atoms. The second-order valence-electron chi connectivity index (χ2n) is 5.76. The van der Waals surface area contributed by atoms with Gasteiger partial charge in [0.05, 0.1) is 7.11 Å². The number of piperazine rings is 1. The third-order valence-electron chi connectivity index (χ3n) is 3.87. The van der Waals surface area contributed by atoms with E-state index >= 15 is 0 Å². The Morgan fingerprint density at radius 2 is 1.85 bits per heavy atom. The number of nitrogens with zero attached hydrogens (tertiary/aromatic N) is 6. The first-order chi connectivity index (χ1) is 12.4. The number of halogens is 3. The lowest BCUT2D eigenvalue weighted by molar-refractivity contribution is 0.311. The minimum atomic E-state index is -1.76. The van der Waals surface area contributed by atoms with Crippen molar-refractivity contribution < 1.29 is 4.74 Å². The van der Waals surface area contributed by atoms with E-state index in [0.29, 0.717) is 17.5 Å². The molecule has 0 aromatic carbocycles. The summed E-state index contributed by atoms with van der Waals surface area (Å²) in [5.74, 6) is 1.17. The Kier molecular flexibility index (Phi) is 5.86. The molecule has 140 valence electrons. The van der Waals surface area contributed by atoms with E-state index in [1.165, 1.54) is 7.11 Å². The SMILES string of the molecule is COc1ncccc1Nc1nc(N2CCN(C)CC2)nc(C(Cl)(Cl)Cl)n1. The molecule has 8 nitrogen and oxygen atoms in total. The van der Waals surface area contributed by atoms with Crippen LogP contribution in [0.3, 0.4) is 0 Å². The Labute approximate surface area is 166 Å². The average molecular weight is 419 g/mol. The monoisotopic (exact) mass is 417 g/mol. The Balaban J connectivity index is 1.95. The molecule has 11 heteroatoms. The van der Waals surface area contributed by atoms with Crippen LogP contribution in [0.1, 0.15) is 5.82 Å². The van der Waals surface area contributed by atoms with E-state index in [-0.39, 0.29) is 11.8 Å². The minimum Gasteiger partial charge on any atom is -0.480 e. The van der Waals surface area contributed by atoms with Crippen LogP contribution in [0.25, 0.3) is 0 Å². The molecule has 0 amide bonds. The molecule has 0 radical (unpaired) electrons. The molecule has 0 unspecified atom stereocenters. The quantitative estimate of drug-likeness (QED) is 0.759. The fourth-order valence-corrected chi connectivity index (χ4v) is 2.72. The van der Waals surface area contributed by atoms with Gasteiger partial charge in [0.1, 0.15) is 5.69 Å². The normalized spacial score (nSPS) is 15.8. The number of nitrogens with one attached hydrogen (secondary N) is 1. The fourth-order valence-electron chi connectivity index (χ4n) is 2.46. The number of likely N-dealkylation sites (N-methyl/N-ethyl adjacent to an activating group) is 1. The molecule has 1 aliphatic heterocycles. The third kappa shape index (κ3) is 4.56. The summed E-state index contributed by atoms with van der Waals surface area (Å²) in [5.41, 5.74) is 0.598. The highest BCUT2D eigenvalue weighted by Crippen LogP contribution is 2.37. The summed E-state index contributed by atoms with van der Waals surface area (Å²) in [7, 11) is 3.60. The zero-order chi connectivity index (χ0) is 18.7. The number of rotatable bonds is 4. The first-order valence-corrected chi connectivity index (χ1v) is 9.03. The van der Waals surface area contributed by atoms with Gasteiger partial charge >= 0.3 is 0 Å². The van der Waals surface area contributed by atoms with Gasteiger partial charge < -0.3 is 19.9 Å². The van der Waals surface area contributed by atoms with Crippen molar-refractivity contribution in [1.29, 1.82) is 0 Å². The van der Waals surface area contributed by atoms with Crippen LogP contribution in [-0.2, 0) is 3.79 Å². The molecule has 3 rings (SSSR count). The summed E-state index contributed by atoms with van der Waals surface area (Å²) >= 11 is 18.0. The summed E-state index contributed by atoms with van der Waals surface area (Å²) in [4.78, 5) is 21.5. The van der Waals surface area contributed by atoms with Crippen molar-refractivity contribution in [2.75, 3.05) is 50.6 Å². The number of methoxy groups -OCH3 is 1. The van der Waals surface area contributed by atoms with Crippen LogP contribution >= 0.6 is 34.8 Å². The van der Waals surface area contributed by atoms with Crippen LogP contribution in [0.2, 0.25) is 0 Å². The number of ether oxygens (including phenoxy) is 1. The molecule has 0 atom stereocenters. The molecule has 3 heterocycles. The molecule has 0 aliphatic carbocycles. The highest BCUT2D eigenvalue weighted by atomic mass is 35.6. The van der Waals surface area contributed by atoms with Crippen molar-refractivity contribution in [1.82, 2.24) is 24.8 Å². The summed E-state index contributed by atoms with van der Waals surface area (Å²) < 4.78 is 3.47. The van der Waals surface area contributed by atoms with E-state index in [9.17, 15) is 0 Å². The lowest BCUT2D eigenvalue weighted by atomic mass is 10.3. The van der Waals surface area contributed by atoms with E-state index in [1.807, 2.05) is 4.90 Å². The Hall–Kier alpha value is -1.61. The van der Waals surface area contributed by atoms with Crippen molar-refractivity contribution >= 4 is 52.4 Å². The number of anilines is 3. The van der Waals surface area contributed by atoms with Crippen LogP contribution < -0.4 is 15.0 Å². The van der Waals surface area contributed by atoms with Gasteiger partial charge in [0, 0.05) is 32.4 Å². The van der Waals surface area contributed by atoms with Crippen molar-refractivity contribution in [3.63, 3.8) is 0 Å². The molecule has 1 fully saturated rings. The second kappa shape index (κ2) is 7.96. The molecule has 0 saturated carbocycles. The maximum absolute atomic E-state index is 6.01. The van der Waals surface area contributed by atoms with Gasteiger partial charge in [0.25, 0.3) is 0 Å². The van der Waals surface area contributed by atoms with Gasteiger partial charge in [0.2, 0.25) is 21.6 Å². The number of hydrogen-bond donors (Lipinski definition) is 1. The summed E-state index contributed by atoms with van der Waals surface area (Å²) in [6.07, 6.45) is 1.62. The fraction of sp³-hybridized carbons (Fsp3) is 0.467. The highest BCUT2D eigenvalue weighted by molar-refractivity contribution is 6.66. The largest absolute Gasteiger partial charge is 0.480 e. The molecular weight excluding hydrogens is 401 g/mol. The maximum Gasteiger partial charge on any atom is 0.250 e. The molecule has 2 aromatic heterocycles. The summed E-state index contributed by atoms with van der Waals surface area (Å²) in [6, 6.07) is 3.56. The topological polar surface area (TPSA) is 79.3 Å². The van der Waals surface area contributed by atoms with Gasteiger partial charge in [-0.1, -0.05) is 34.8 Å². The van der Waals surface area contributed by atoms with Crippen molar-refractivity contribution in [2.45, 2.75) is 3.79 Å². The van der Waals surface area contributed by atoms with Gasteiger partial charge in [-0.2, -0.15) is 15.0 Å².